The minimum atomic E-state index is -0.474. The number of hydrazine groups is 1. The van der Waals surface area contributed by atoms with Crippen LogP contribution in [0.15, 0.2) is 0 Å². The highest BCUT2D eigenvalue weighted by Gasteiger charge is 2.45. The van der Waals surface area contributed by atoms with E-state index in [0.717, 1.165) is 32.2 Å². The van der Waals surface area contributed by atoms with Crippen LogP contribution in [-0.2, 0) is 4.79 Å². The molecule has 0 radical (unpaired) electrons. The van der Waals surface area contributed by atoms with Crippen LogP contribution in [0.2, 0.25) is 0 Å². The van der Waals surface area contributed by atoms with Gasteiger partial charge in [-0.05, 0) is 31.6 Å². The van der Waals surface area contributed by atoms with Gasteiger partial charge in [-0.1, -0.05) is 19.3 Å². The Bertz CT molecular complexity index is 230. The Labute approximate surface area is 90.9 Å². The molecular weight excluding hydrogens is 190 g/mol. The molecule has 0 aromatic carbocycles. The molecule has 1 amide bonds. The van der Waals surface area contributed by atoms with Crippen molar-refractivity contribution in [3.05, 3.63) is 0 Å². The number of hydrogen-bond acceptors (Lipinski definition) is 3. The van der Waals surface area contributed by atoms with Crippen molar-refractivity contribution in [3.8, 4) is 0 Å². The van der Waals surface area contributed by atoms with Gasteiger partial charge in [0.1, 0.15) is 5.54 Å². The topological polar surface area (TPSA) is 67.2 Å². The van der Waals surface area contributed by atoms with Gasteiger partial charge in [0, 0.05) is 6.54 Å². The van der Waals surface area contributed by atoms with Crippen LogP contribution in [0.4, 0.5) is 0 Å². The predicted octanol–water partition coefficient (Wildman–Crippen LogP) is 0.679. The van der Waals surface area contributed by atoms with E-state index in [1.165, 1.54) is 19.3 Å². The Morgan fingerprint density at radius 3 is 2.47 bits per heavy atom. The lowest BCUT2D eigenvalue weighted by molar-refractivity contribution is -0.129. The summed E-state index contributed by atoms with van der Waals surface area (Å²) < 4.78 is 0. The highest BCUT2D eigenvalue weighted by molar-refractivity contribution is 5.85. The Kier molecular flexibility index (Phi) is 3.26. The molecule has 2 rings (SSSR count). The normalized spacial score (nSPS) is 33.9. The largest absolute Gasteiger partial charge is 0.368 e. The lowest BCUT2D eigenvalue weighted by Gasteiger charge is -2.43. The molecule has 4 N–H and O–H groups in total. The van der Waals surface area contributed by atoms with Crippen molar-refractivity contribution in [2.45, 2.75) is 50.5 Å². The molecule has 86 valence electrons. The average molecular weight is 211 g/mol. The summed E-state index contributed by atoms with van der Waals surface area (Å²) in [6, 6.07) is 0. The average Bonchev–Trinajstić information content (AvgIpc) is 2.31. The molecule has 2 fully saturated rings. The Hall–Kier alpha value is -0.610. The number of nitrogens with two attached hydrogens (primary N) is 1. The zero-order valence-corrected chi connectivity index (χ0v) is 9.22. The molecule has 1 saturated heterocycles. The second-order valence-electron chi connectivity index (χ2n) is 4.83. The van der Waals surface area contributed by atoms with Crippen molar-refractivity contribution in [2.24, 2.45) is 11.7 Å². The van der Waals surface area contributed by atoms with Crippen molar-refractivity contribution in [1.82, 2.24) is 10.9 Å². The molecule has 1 heterocycles. The van der Waals surface area contributed by atoms with Crippen LogP contribution in [0.25, 0.3) is 0 Å². The fourth-order valence-electron chi connectivity index (χ4n) is 3.03. The molecule has 1 aliphatic carbocycles. The van der Waals surface area contributed by atoms with E-state index in [2.05, 4.69) is 10.9 Å². The maximum Gasteiger partial charge on any atom is 0.239 e. The third kappa shape index (κ3) is 2.01. The maximum atomic E-state index is 11.7. The standard InChI is InChI=1S/C11H21N3O/c12-10(15)11(7-4-8-13-14-11)9-5-2-1-3-6-9/h9,13-14H,1-8H2,(H2,12,15). The number of carbonyl (C=O) groups is 1. The van der Waals surface area contributed by atoms with Gasteiger partial charge >= 0.3 is 0 Å². The Balaban J connectivity index is 2.12. The monoisotopic (exact) mass is 211 g/mol. The van der Waals surface area contributed by atoms with E-state index in [9.17, 15) is 4.79 Å². The van der Waals surface area contributed by atoms with Crippen molar-refractivity contribution in [3.63, 3.8) is 0 Å². The summed E-state index contributed by atoms with van der Waals surface area (Å²) in [6.45, 7) is 0.932. The number of carbonyl (C=O) groups excluding carboxylic acids is 1. The number of amides is 1. The van der Waals surface area contributed by atoms with E-state index in [4.69, 9.17) is 5.73 Å². The van der Waals surface area contributed by atoms with Gasteiger partial charge in [0.25, 0.3) is 0 Å². The second-order valence-corrected chi connectivity index (χ2v) is 4.83. The summed E-state index contributed by atoms with van der Waals surface area (Å²) in [5, 5.41) is 0. The van der Waals surface area contributed by atoms with Gasteiger partial charge in [-0.25, -0.2) is 5.43 Å². The first-order valence-corrected chi connectivity index (χ1v) is 6.06. The Morgan fingerprint density at radius 1 is 1.20 bits per heavy atom. The third-order valence-electron chi connectivity index (χ3n) is 3.93. The summed E-state index contributed by atoms with van der Waals surface area (Å²) in [4.78, 5) is 11.7. The molecule has 0 bridgehead atoms. The smallest absolute Gasteiger partial charge is 0.239 e. The van der Waals surface area contributed by atoms with Gasteiger partial charge in [0.2, 0.25) is 5.91 Å². The fourth-order valence-corrected chi connectivity index (χ4v) is 3.03. The molecule has 15 heavy (non-hydrogen) atoms. The van der Waals surface area contributed by atoms with Gasteiger partial charge in [0.15, 0.2) is 0 Å². The van der Waals surface area contributed by atoms with Gasteiger partial charge in [-0.3, -0.25) is 10.2 Å². The molecular formula is C11H21N3O. The molecule has 4 heteroatoms. The predicted molar refractivity (Wildman–Crippen MR) is 58.9 cm³/mol. The first-order valence-electron chi connectivity index (χ1n) is 6.06. The molecule has 1 aliphatic heterocycles. The summed E-state index contributed by atoms with van der Waals surface area (Å²) >= 11 is 0. The van der Waals surface area contributed by atoms with Crippen molar-refractivity contribution in [2.75, 3.05) is 6.54 Å². The van der Waals surface area contributed by atoms with E-state index < -0.39 is 5.54 Å². The van der Waals surface area contributed by atoms with Crippen molar-refractivity contribution < 1.29 is 4.79 Å². The molecule has 2 aliphatic rings. The molecule has 1 atom stereocenters. The highest BCUT2D eigenvalue weighted by Crippen LogP contribution is 2.36. The molecule has 0 spiro atoms. The van der Waals surface area contributed by atoms with Crippen molar-refractivity contribution in [1.29, 1.82) is 0 Å². The van der Waals surface area contributed by atoms with Crippen molar-refractivity contribution >= 4 is 5.91 Å². The van der Waals surface area contributed by atoms with Gasteiger partial charge < -0.3 is 5.73 Å². The first-order chi connectivity index (χ1) is 7.26. The zero-order valence-electron chi connectivity index (χ0n) is 9.22. The number of primary amides is 1. The van der Waals surface area contributed by atoms with Gasteiger partial charge in [-0.2, -0.15) is 0 Å². The number of rotatable bonds is 2. The quantitative estimate of drug-likeness (QED) is 0.629. The van der Waals surface area contributed by atoms with Crippen LogP contribution in [0.1, 0.15) is 44.9 Å². The molecule has 0 aromatic rings. The lowest BCUT2D eigenvalue weighted by atomic mass is 9.71. The van der Waals surface area contributed by atoms with Crippen LogP contribution in [0.5, 0.6) is 0 Å². The minimum Gasteiger partial charge on any atom is -0.368 e. The van der Waals surface area contributed by atoms with Crippen LogP contribution in [-0.4, -0.2) is 18.0 Å². The van der Waals surface area contributed by atoms with Gasteiger partial charge in [0.05, 0.1) is 0 Å². The number of nitrogens with one attached hydrogen (secondary N) is 2. The first kappa shape index (κ1) is 10.9. The van der Waals surface area contributed by atoms with E-state index in [0.29, 0.717) is 5.92 Å². The minimum absolute atomic E-state index is 0.179. The summed E-state index contributed by atoms with van der Waals surface area (Å²) in [7, 11) is 0. The van der Waals surface area contributed by atoms with E-state index >= 15 is 0 Å². The maximum absolute atomic E-state index is 11.7. The van der Waals surface area contributed by atoms with E-state index in [1.54, 1.807) is 0 Å². The van der Waals surface area contributed by atoms with E-state index in [1.807, 2.05) is 0 Å². The fraction of sp³-hybridized carbons (Fsp3) is 0.909. The highest BCUT2D eigenvalue weighted by atomic mass is 16.1. The van der Waals surface area contributed by atoms with E-state index in [-0.39, 0.29) is 5.91 Å². The number of hydrogen-bond donors (Lipinski definition) is 3. The molecule has 4 nitrogen and oxygen atoms in total. The Morgan fingerprint density at radius 2 is 1.93 bits per heavy atom. The third-order valence-corrected chi connectivity index (χ3v) is 3.93. The van der Waals surface area contributed by atoms with Gasteiger partial charge in [-0.15, -0.1) is 0 Å². The summed E-state index contributed by atoms with van der Waals surface area (Å²) in [5.41, 5.74) is 11.4. The zero-order chi connectivity index (χ0) is 10.7. The van der Waals surface area contributed by atoms with Crippen LogP contribution in [0, 0.1) is 5.92 Å². The molecule has 0 aromatic heterocycles. The SMILES string of the molecule is NC(=O)C1(C2CCCCC2)CCCNN1. The van der Waals surface area contributed by atoms with Crippen LogP contribution < -0.4 is 16.6 Å². The summed E-state index contributed by atoms with van der Waals surface area (Å²) in [5.74, 6) is 0.248. The molecule has 1 saturated carbocycles. The van der Waals surface area contributed by atoms with Crippen LogP contribution in [0.3, 0.4) is 0 Å². The summed E-state index contributed by atoms with van der Waals surface area (Å²) in [6.07, 6.45) is 7.98. The van der Waals surface area contributed by atoms with Crippen LogP contribution >= 0.6 is 0 Å². The lowest BCUT2D eigenvalue weighted by Crippen LogP contribution is -2.67. The molecule has 1 unspecified atom stereocenters. The second kappa shape index (κ2) is 4.49.